The van der Waals surface area contributed by atoms with Crippen molar-refractivity contribution in [2.45, 2.75) is 32.4 Å². The van der Waals surface area contributed by atoms with Crippen molar-refractivity contribution in [3.63, 3.8) is 0 Å². The van der Waals surface area contributed by atoms with Crippen LogP contribution < -0.4 is 5.32 Å². The molecule has 0 aliphatic heterocycles. The predicted octanol–water partition coefficient (Wildman–Crippen LogP) is 2.50. The highest BCUT2D eigenvalue weighted by Crippen LogP contribution is 2.21. The van der Waals surface area contributed by atoms with Gasteiger partial charge < -0.3 is 9.88 Å². The number of nitrogens with one attached hydrogen (secondary N) is 1. The number of rotatable bonds is 6. The van der Waals surface area contributed by atoms with Gasteiger partial charge in [0.25, 0.3) is 0 Å². The van der Waals surface area contributed by atoms with Crippen LogP contribution in [0.1, 0.15) is 12.6 Å². The first-order valence-electron chi connectivity index (χ1n) is 4.98. The Bertz CT molecular complexity index is 322. The highest BCUT2D eigenvalue weighted by atomic mass is 19.3. The Balaban J connectivity index is 2.41. The van der Waals surface area contributed by atoms with E-state index in [1.54, 1.807) is 12.1 Å². The maximum atomic E-state index is 12.5. The molecule has 6 heteroatoms. The van der Waals surface area contributed by atoms with Gasteiger partial charge in [-0.2, -0.15) is 8.78 Å². The lowest BCUT2D eigenvalue weighted by Crippen LogP contribution is -2.38. The van der Waals surface area contributed by atoms with Gasteiger partial charge in [0.1, 0.15) is 0 Å². The molecule has 1 rings (SSSR count). The van der Waals surface area contributed by atoms with Crippen LogP contribution in [0.5, 0.6) is 0 Å². The number of hydrogen-bond acceptors (Lipinski definition) is 1. The van der Waals surface area contributed by atoms with Gasteiger partial charge in [-0.3, -0.25) is 0 Å². The molecule has 0 aromatic carbocycles. The maximum absolute atomic E-state index is 12.5. The molecule has 1 aromatic heterocycles. The van der Waals surface area contributed by atoms with Gasteiger partial charge in [0.2, 0.25) is 0 Å². The molecule has 0 amide bonds. The van der Waals surface area contributed by atoms with E-state index < -0.39 is 18.9 Å². The fourth-order valence-corrected chi connectivity index (χ4v) is 1.35. The van der Waals surface area contributed by atoms with Gasteiger partial charge in [-0.1, -0.05) is 0 Å². The minimum Gasteiger partial charge on any atom is -0.351 e. The quantitative estimate of drug-likeness (QED) is 0.753. The molecule has 0 bridgehead atoms. The Morgan fingerprint density at radius 1 is 1.44 bits per heavy atom. The number of aromatic nitrogens is 1. The molecule has 2 nitrogen and oxygen atoms in total. The number of aryl methyl sites for hydroxylation is 1. The predicted molar refractivity (Wildman–Crippen MR) is 52.8 cm³/mol. The molecule has 0 aliphatic carbocycles. The fraction of sp³-hybridized carbons (Fsp3) is 0.600. The molecule has 16 heavy (non-hydrogen) atoms. The molecule has 0 spiro atoms. The van der Waals surface area contributed by atoms with Crippen LogP contribution in [0.3, 0.4) is 0 Å². The van der Waals surface area contributed by atoms with Crippen LogP contribution in [0.4, 0.5) is 17.6 Å². The standard InChI is InChI=1S/C10H14F4N2/c1-2-16-5-3-4-8(16)6-15-7-10(13,14)9(11)12/h3-5,9,15H,2,6-7H2,1H3. The van der Waals surface area contributed by atoms with Gasteiger partial charge in [0.05, 0.1) is 6.54 Å². The van der Waals surface area contributed by atoms with Gasteiger partial charge in [-0.25, -0.2) is 8.78 Å². The Kier molecular flexibility index (Phi) is 4.35. The summed E-state index contributed by atoms with van der Waals surface area (Å²) >= 11 is 0. The zero-order chi connectivity index (χ0) is 12.2. The van der Waals surface area contributed by atoms with Crippen LogP contribution in [0.25, 0.3) is 0 Å². The van der Waals surface area contributed by atoms with Gasteiger partial charge in [-0.15, -0.1) is 0 Å². The first-order valence-corrected chi connectivity index (χ1v) is 4.98. The van der Waals surface area contributed by atoms with Crippen LogP contribution in [0.15, 0.2) is 18.3 Å². The van der Waals surface area contributed by atoms with Crippen LogP contribution in [-0.2, 0) is 13.1 Å². The van der Waals surface area contributed by atoms with E-state index in [1.165, 1.54) is 0 Å². The third kappa shape index (κ3) is 3.23. The second kappa shape index (κ2) is 5.34. The van der Waals surface area contributed by atoms with E-state index in [4.69, 9.17) is 0 Å². The van der Waals surface area contributed by atoms with E-state index in [1.807, 2.05) is 17.7 Å². The van der Waals surface area contributed by atoms with E-state index in [9.17, 15) is 17.6 Å². The van der Waals surface area contributed by atoms with E-state index >= 15 is 0 Å². The number of halogens is 4. The van der Waals surface area contributed by atoms with E-state index in [-0.39, 0.29) is 6.54 Å². The van der Waals surface area contributed by atoms with Crippen molar-refractivity contribution in [3.05, 3.63) is 24.0 Å². The molecule has 1 aromatic rings. The molecule has 1 heterocycles. The van der Waals surface area contributed by atoms with Gasteiger partial charge in [0, 0.05) is 25.0 Å². The summed E-state index contributed by atoms with van der Waals surface area (Å²) in [6.07, 6.45) is -1.82. The summed E-state index contributed by atoms with van der Waals surface area (Å²) in [5.74, 6) is -3.97. The zero-order valence-electron chi connectivity index (χ0n) is 8.89. The van der Waals surface area contributed by atoms with Crippen LogP contribution >= 0.6 is 0 Å². The Morgan fingerprint density at radius 3 is 2.69 bits per heavy atom. The molecule has 0 unspecified atom stereocenters. The van der Waals surface area contributed by atoms with Crippen LogP contribution in [0.2, 0.25) is 0 Å². The number of alkyl halides is 4. The lowest BCUT2D eigenvalue weighted by Gasteiger charge is -2.16. The maximum Gasteiger partial charge on any atom is 0.319 e. The second-order valence-corrected chi connectivity index (χ2v) is 3.45. The van der Waals surface area contributed by atoms with Crippen molar-refractivity contribution >= 4 is 0 Å². The third-order valence-corrected chi connectivity index (χ3v) is 2.25. The van der Waals surface area contributed by atoms with Crippen molar-refractivity contribution in [3.8, 4) is 0 Å². The van der Waals surface area contributed by atoms with Crippen molar-refractivity contribution in [2.75, 3.05) is 6.54 Å². The number of nitrogens with zero attached hydrogens (tertiary/aromatic N) is 1. The van der Waals surface area contributed by atoms with Gasteiger partial charge in [-0.05, 0) is 19.1 Å². The second-order valence-electron chi connectivity index (χ2n) is 3.45. The summed E-state index contributed by atoms with van der Waals surface area (Å²) in [6, 6.07) is 3.54. The van der Waals surface area contributed by atoms with E-state index in [0.29, 0.717) is 0 Å². The lowest BCUT2D eigenvalue weighted by atomic mass is 10.3. The summed E-state index contributed by atoms with van der Waals surface area (Å²) in [4.78, 5) is 0. The topological polar surface area (TPSA) is 17.0 Å². The average molecular weight is 238 g/mol. The molecule has 92 valence electrons. The highest BCUT2D eigenvalue weighted by Gasteiger charge is 2.39. The molecule has 0 fully saturated rings. The normalized spacial score (nSPS) is 12.4. The highest BCUT2D eigenvalue weighted by molar-refractivity contribution is 5.06. The van der Waals surface area contributed by atoms with E-state index in [2.05, 4.69) is 5.32 Å². The van der Waals surface area contributed by atoms with Crippen molar-refractivity contribution in [2.24, 2.45) is 0 Å². The molecule has 0 saturated heterocycles. The molecule has 0 aliphatic rings. The molecule has 0 atom stereocenters. The SMILES string of the molecule is CCn1cccc1CNCC(F)(F)C(F)F. The largest absolute Gasteiger partial charge is 0.351 e. The van der Waals surface area contributed by atoms with Gasteiger partial charge >= 0.3 is 12.3 Å². The monoisotopic (exact) mass is 238 g/mol. The minimum atomic E-state index is -3.97. The Hall–Kier alpha value is -1.04. The Labute approximate surface area is 91.3 Å². The first-order chi connectivity index (χ1) is 7.47. The van der Waals surface area contributed by atoms with E-state index in [0.717, 1.165) is 12.2 Å². The van der Waals surface area contributed by atoms with Crippen molar-refractivity contribution in [1.29, 1.82) is 0 Å². The minimum absolute atomic E-state index is 0.156. The average Bonchev–Trinajstić information content (AvgIpc) is 2.64. The smallest absolute Gasteiger partial charge is 0.319 e. The van der Waals surface area contributed by atoms with Crippen molar-refractivity contribution < 1.29 is 17.6 Å². The molecule has 1 N–H and O–H groups in total. The molecule has 0 saturated carbocycles. The molecular formula is C10H14F4N2. The molecular weight excluding hydrogens is 224 g/mol. The van der Waals surface area contributed by atoms with Crippen LogP contribution in [0, 0.1) is 0 Å². The third-order valence-electron chi connectivity index (χ3n) is 2.25. The summed E-state index contributed by atoms with van der Waals surface area (Å²) < 4.78 is 50.6. The Morgan fingerprint density at radius 2 is 2.12 bits per heavy atom. The summed E-state index contributed by atoms with van der Waals surface area (Å²) in [7, 11) is 0. The lowest BCUT2D eigenvalue weighted by molar-refractivity contribution is -0.125. The first kappa shape index (κ1) is 13.0. The summed E-state index contributed by atoms with van der Waals surface area (Å²) in [6.45, 7) is 1.77. The van der Waals surface area contributed by atoms with Crippen LogP contribution in [-0.4, -0.2) is 23.5 Å². The number of hydrogen-bond donors (Lipinski definition) is 1. The summed E-state index contributed by atoms with van der Waals surface area (Å²) in [5.41, 5.74) is 0.799. The fourth-order valence-electron chi connectivity index (χ4n) is 1.35. The summed E-state index contributed by atoms with van der Waals surface area (Å²) in [5, 5.41) is 2.33. The van der Waals surface area contributed by atoms with Crippen molar-refractivity contribution in [1.82, 2.24) is 9.88 Å². The zero-order valence-corrected chi connectivity index (χ0v) is 8.89. The molecule has 0 radical (unpaired) electrons. The van der Waals surface area contributed by atoms with Gasteiger partial charge in [0.15, 0.2) is 0 Å².